The molecule has 8 nitrogen and oxygen atoms in total. The molecule has 2 amide bonds. The summed E-state index contributed by atoms with van der Waals surface area (Å²) in [5, 5.41) is 5.64. The Kier molecular flexibility index (Phi) is 7.74. The maximum absolute atomic E-state index is 12.6. The standard InChI is InChI=1S/C23H28N2O6S/c1-3-30-20-14-19(25-23(27)17-8-6-5-7-9-17)21(31-4-2)13-18(20)24-22(26)12-16-10-11-32(28,29)15-16/h5-9,13-14,16H,3-4,10-12,15H2,1-2H3,(H,24,26)(H,25,27). The van der Waals surface area contributed by atoms with Crippen molar-refractivity contribution in [1.82, 2.24) is 0 Å². The molecule has 9 heteroatoms. The molecule has 0 bridgehead atoms. The van der Waals surface area contributed by atoms with E-state index in [0.717, 1.165) is 0 Å². The Bertz CT molecular complexity index is 1070. The number of anilines is 2. The predicted octanol–water partition coefficient (Wildman–Crippen LogP) is 3.50. The zero-order valence-electron chi connectivity index (χ0n) is 18.2. The van der Waals surface area contributed by atoms with Crippen LogP contribution in [0.5, 0.6) is 11.5 Å². The van der Waals surface area contributed by atoms with Gasteiger partial charge in [0.15, 0.2) is 9.84 Å². The number of hydrogen-bond acceptors (Lipinski definition) is 6. The number of carbonyl (C=O) groups is 2. The molecule has 0 saturated carbocycles. The SMILES string of the molecule is CCOc1cc(NC(=O)c2ccccc2)c(OCC)cc1NC(=O)CC1CCS(=O)(=O)C1. The Hall–Kier alpha value is -3.07. The zero-order chi connectivity index (χ0) is 23.1. The maximum Gasteiger partial charge on any atom is 0.255 e. The molecular formula is C23H28N2O6S. The lowest BCUT2D eigenvalue weighted by molar-refractivity contribution is -0.116. The first-order valence-electron chi connectivity index (χ1n) is 10.6. The first-order valence-corrected chi connectivity index (χ1v) is 12.4. The van der Waals surface area contributed by atoms with Crippen molar-refractivity contribution < 1.29 is 27.5 Å². The summed E-state index contributed by atoms with van der Waals surface area (Å²) < 4.78 is 34.7. The van der Waals surface area contributed by atoms with Crippen LogP contribution in [0.4, 0.5) is 11.4 Å². The van der Waals surface area contributed by atoms with E-state index in [-0.39, 0.29) is 35.7 Å². The van der Waals surface area contributed by atoms with E-state index in [2.05, 4.69) is 10.6 Å². The third-order valence-electron chi connectivity index (χ3n) is 5.04. The number of ether oxygens (including phenoxy) is 2. The molecule has 1 aliphatic heterocycles. The highest BCUT2D eigenvalue weighted by Gasteiger charge is 2.29. The number of nitrogens with one attached hydrogen (secondary N) is 2. The molecule has 0 radical (unpaired) electrons. The minimum absolute atomic E-state index is 0.0351. The van der Waals surface area contributed by atoms with Crippen molar-refractivity contribution in [1.29, 1.82) is 0 Å². The van der Waals surface area contributed by atoms with Crippen molar-refractivity contribution in [3.8, 4) is 11.5 Å². The molecule has 2 aromatic rings. The number of benzene rings is 2. The van der Waals surface area contributed by atoms with Gasteiger partial charge in [0, 0.05) is 24.1 Å². The third kappa shape index (κ3) is 6.23. The maximum atomic E-state index is 12.6. The van der Waals surface area contributed by atoms with Gasteiger partial charge in [-0.1, -0.05) is 18.2 Å². The van der Waals surface area contributed by atoms with Crippen LogP contribution in [0, 0.1) is 5.92 Å². The molecule has 0 spiro atoms. The monoisotopic (exact) mass is 460 g/mol. The van der Waals surface area contributed by atoms with Crippen LogP contribution in [-0.2, 0) is 14.6 Å². The molecule has 1 unspecified atom stereocenters. The van der Waals surface area contributed by atoms with Crippen molar-refractivity contribution in [2.75, 3.05) is 35.4 Å². The summed E-state index contributed by atoms with van der Waals surface area (Å²) in [7, 11) is -3.05. The summed E-state index contributed by atoms with van der Waals surface area (Å²) in [5.41, 5.74) is 1.32. The van der Waals surface area contributed by atoms with E-state index in [1.54, 1.807) is 36.4 Å². The highest BCUT2D eigenvalue weighted by molar-refractivity contribution is 7.91. The Balaban J connectivity index is 1.81. The van der Waals surface area contributed by atoms with Crippen molar-refractivity contribution >= 4 is 33.0 Å². The van der Waals surface area contributed by atoms with E-state index in [0.29, 0.717) is 48.1 Å². The molecule has 1 heterocycles. The average molecular weight is 461 g/mol. The summed E-state index contributed by atoms with van der Waals surface area (Å²) in [6.45, 7) is 4.34. The number of carbonyl (C=O) groups excluding carboxylic acids is 2. The quantitative estimate of drug-likeness (QED) is 0.593. The minimum Gasteiger partial charge on any atom is -0.492 e. The van der Waals surface area contributed by atoms with Gasteiger partial charge in [-0.2, -0.15) is 0 Å². The Labute approximate surface area is 188 Å². The largest absolute Gasteiger partial charge is 0.492 e. The predicted molar refractivity (Wildman–Crippen MR) is 123 cm³/mol. The second-order valence-electron chi connectivity index (χ2n) is 7.55. The molecule has 2 aromatic carbocycles. The minimum atomic E-state index is -3.05. The summed E-state index contributed by atoms with van der Waals surface area (Å²) in [6.07, 6.45) is 0.601. The third-order valence-corrected chi connectivity index (χ3v) is 6.88. The van der Waals surface area contributed by atoms with Crippen molar-refractivity contribution in [3.63, 3.8) is 0 Å². The fourth-order valence-corrected chi connectivity index (χ4v) is 5.45. The first-order chi connectivity index (χ1) is 15.3. The van der Waals surface area contributed by atoms with E-state index in [4.69, 9.17) is 9.47 Å². The first kappa shape index (κ1) is 23.6. The molecule has 172 valence electrons. The van der Waals surface area contributed by atoms with Gasteiger partial charge in [0.05, 0.1) is 36.1 Å². The van der Waals surface area contributed by atoms with Crippen LogP contribution in [0.15, 0.2) is 42.5 Å². The number of amides is 2. The Morgan fingerprint density at radius 1 is 0.969 bits per heavy atom. The van der Waals surface area contributed by atoms with Gasteiger partial charge in [-0.15, -0.1) is 0 Å². The molecule has 1 fully saturated rings. The molecule has 1 atom stereocenters. The molecular weight excluding hydrogens is 432 g/mol. The van der Waals surface area contributed by atoms with E-state index in [1.807, 2.05) is 19.9 Å². The summed E-state index contributed by atoms with van der Waals surface area (Å²) >= 11 is 0. The smallest absolute Gasteiger partial charge is 0.255 e. The molecule has 32 heavy (non-hydrogen) atoms. The van der Waals surface area contributed by atoms with Crippen LogP contribution in [0.2, 0.25) is 0 Å². The van der Waals surface area contributed by atoms with Gasteiger partial charge in [0.2, 0.25) is 5.91 Å². The Morgan fingerprint density at radius 2 is 1.56 bits per heavy atom. The van der Waals surface area contributed by atoms with Gasteiger partial charge in [-0.05, 0) is 38.3 Å². The van der Waals surface area contributed by atoms with Crippen molar-refractivity contribution in [2.45, 2.75) is 26.7 Å². The Morgan fingerprint density at radius 3 is 2.09 bits per heavy atom. The van der Waals surface area contributed by atoms with Crippen molar-refractivity contribution in [2.24, 2.45) is 5.92 Å². The second kappa shape index (κ2) is 10.5. The highest BCUT2D eigenvalue weighted by Crippen LogP contribution is 2.37. The lowest BCUT2D eigenvalue weighted by Gasteiger charge is -2.18. The molecule has 1 saturated heterocycles. The van der Waals surface area contributed by atoms with Gasteiger partial charge in [0.1, 0.15) is 11.5 Å². The molecule has 0 aromatic heterocycles. The van der Waals surface area contributed by atoms with E-state index >= 15 is 0 Å². The second-order valence-corrected chi connectivity index (χ2v) is 9.78. The lowest BCUT2D eigenvalue weighted by atomic mass is 10.0. The number of rotatable bonds is 9. The lowest BCUT2D eigenvalue weighted by Crippen LogP contribution is -2.18. The summed E-state index contributed by atoms with van der Waals surface area (Å²) in [4.78, 5) is 25.2. The number of hydrogen-bond donors (Lipinski definition) is 2. The van der Waals surface area contributed by atoms with Crippen LogP contribution in [0.3, 0.4) is 0 Å². The van der Waals surface area contributed by atoms with Gasteiger partial charge >= 0.3 is 0 Å². The van der Waals surface area contributed by atoms with Crippen LogP contribution >= 0.6 is 0 Å². The fourth-order valence-electron chi connectivity index (χ4n) is 3.59. The average Bonchev–Trinajstić information content (AvgIpc) is 3.09. The fraction of sp³-hybridized carbons (Fsp3) is 0.391. The van der Waals surface area contributed by atoms with Crippen LogP contribution in [0.25, 0.3) is 0 Å². The number of sulfone groups is 1. The van der Waals surface area contributed by atoms with Gasteiger partial charge in [-0.25, -0.2) is 8.42 Å². The highest BCUT2D eigenvalue weighted by atomic mass is 32.2. The van der Waals surface area contributed by atoms with E-state index < -0.39 is 9.84 Å². The van der Waals surface area contributed by atoms with Crippen LogP contribution in [-0.4, -0.2) is 45.0 Å². The molecule has 1 aliphatic rings. The summed E-state index contributed by atoms with van der Waals surface area (Å²) in [5.74, 6) is 0.147. The van der Waals surface area contributed by atoms with Crippen LogP contribution < -0.4 is 20.1 Å². The van der Waals surface area contributed by atoms with Gasteiger partial charge < -0.3 is 20.1 Å². The molecule has 2 N–H and O–H groups in total. The van der Waals surface area contributed by atoms with Gasteiger partial charge in [0.25, 0.3) is 5.91 Å². The summed E-state index contributed by atoms with van der Waals surface area (Å²) in [6, 6.07) is 12.0. The topological polar surface area (TPSA) is 111 Å². The van der Waals surface area contributed by atoms with Crippen LogP contribution in [0.1, 0.15) is 37.0 Å². The van der Waals surface area contributed by atoms with E-state index in [1.165, 1.54) is 0 Å². The zero-order valence-corrected chi connectivity index (χ0v) is 19.0. The molecule has 0 aliphatic carbocycles. The normalized spacial score (nSPS) is 16.9. The van der Waals surface area contributed by atoms with E-state index in [9.17, 15) is 18.0 Å². The molecule has 3 rings (SSSR count). The van der Waals surface area contributed by atoms with Crippen molar-refractivity contribution in [3.05, 3.63) is 48.0 Å². The van der Waals surface area contributed by atoms with Gasteiger partial charge in [-0.3, -0.25) is 9.59 Å².